The Hall–Kier alpha value is -2.72. The van der Waals surface area contributed by atoms with Gasteiger partial charge >= 0.3 is 33.3 Å². The number of nitro groups is 1. The number of ether oxygens (including phenoxy) is 3. The van der Waals surface area contributed by atoms with Gasteiger partial charge in [-0.3, -0.25) is 14.7 Å². The second-order valence-electron chi connectivity index (χ2n) is 7.13. The van der Waals surface area contributed by atoms with Crippen LogP contribution in [0.15, 0.2) is 30.3 Å². The Bertz CT molecular complexity index is 1400. The first-order valence-electron chi connectivity index (χ1n) is 9.83. The van der Waals surface area contributed by atoms with Crippen LogP contribution in [-0.4, -0.2) is 65.5 Å². The lowest BCUT2D eigenvalue weighted by atomic mass is 10.1. The first-order chi connectivity index (χ1) is 17.5. The standard InChI is InChI=1S/C20H15F2I2NO12S/c1-9(20(21,22)38(32,33)34)37-19(29)13-8-11(25(30)31)2-3-12(13)17(27)35-4-5-36-18(28)14-6-10(23)7-15(24)16(14)26/h2-3,6-9,26H,4-5H2,1H3,(H,32,33,34). The Morgan fingerprint density at radius 1 is 1.03 bits per heavy atom. The molecule has 0 aliphatic carbocycles. The smallest absolute Gasteiger partial charge is 0.405 e. The number of phenols is 1. The lowest BCUT2D eigenvalue weighted by Crippen LogP contribution is -2.42. The van der Waals surface area contributed by atoms with E-state index >= 15 is 0 Å². The van der Waals surface area contributed by atoms with E-state index in [0.717, 1.165) is 12.1 Å². The number of halogens is 4. The maximum Gasteiger partial charge on any atom is 0.405 e. The van der Waals surface area contributed by atoms with Crippen LogP contribution in [0.25, 0.3) is 0 Å². The fraction of sp³-hybridized carbons (Fsp3) is 0.250. The number of nitrogens with zero attached hydrogens (tertiary/aromatic N) is 1. The minimum absolute atomic E-state index is 0.149. The molecule has 38 heavy (non-hydrogen) atoms. The maximum atomic E-state index is 13.8. The number of rotatable bonds is 10. The molecule has 2 aromatic carbocycles. The second kappa shape index (κ2) is 12.4. The highest BCUT2D eigenvalue weighted by Crippen LogP contribution is 2.29. The number of nitro benzene ring substituents is 1. The normalized spacial score (nSPS) is 12.4. The molecule has 0 aliphatic rings. The molecular weight excluding hydrogens is 770 g/mol. The topological polar surface area (TPSA) is 197 Å². The molecule has 0 saturated heterocycles. The van der Waals surface area contributed by atoms with Crippen LogP contribution in [0.2, 0.25) is 0 Å². The van der Waals surface area contributed by atoms with Crippen LogP contribution in [0.3, 0.4) is 0 Å². The molecule has 0 heterocycles. The predicted molar refractivity (Wildman–Crippen MR) is 139 cm³/mol. The Kier molecular flexibility index (Phi) is 10.3. The summed E-state index contributed by atoms with van der Waals surface area (Å²) in [5.74, 6) is -4.32. The van der Waals surface area contributed by atoms with Crippen molar-refractivity contribution >= 4 is 78.9 Å². The molecule has 18 heteroatoms. The zero-order valence-corrected chi connectivity index (χ0v) is 23.9. The van der Waals surface area contributed by atoms with Gasteiger partial charge in [0, 0.05) is 15.7 Å². The van der Waals surface area contributed by atoms with Gasteiger partial charge in [0.2, 0.25) is 0 Å². The monoisotopic (exact) mass is 785 g/mol. The number of benzene rings is 2. The minimum Gasteiger partial charge on any atom is -0.506 e. The van der Waals surface area contributed by atoms with Gasteiger partial charge in [-0.2, -0.15) is 17.2 Å². The number of carbonyl (C=O) groups is 3. The van der Waals surface area contributed by atoms with Crippen LogP contribution in [0.5, 0.6) is 5.75 Å². The summed E-state index contributed by atoms with van der Waals surface area (Å²) < 4.78 is 73.0. The van der Waals surface area contributed by atoms with Crippen LogP contribution in [0, 0.1) is 17.3 Å². The molecule has 0 spiro atoms. The van der Waals surface area contributed by atoms with Gasteiger partial charge in [0.1, 0.15) is 24.5 Å². The van der Waals surface area contributed by atoms with Crippen molar-refractivity contribution < 1.29 is 60.4 Å². The van der Waals surface area contributed by atoms with Gasteiger partial charge in [0.15, 0.2) is 6.10 Å². The van der Waals surface area contributed by atoms with E-state index < -0.39 is 74.3 Å². The lowest BCUT2D eigenvalue weighted by molar-refractivity contribution is -0.384. The van der Waals surface area contributed by atoms with Crippen LogP contribution in [-0.2, 0) is 24.3 Å². The third-order valence-corrected chi connectivity index (χ3v) is 7.02. The average Bonchev–Trinajstić information content (AvgIpc) is 2.82. The summed E-state index contributed by atoms with van der Waals surface area (Å²) in [6, 6.07) is 5.03. The first-order valence-corrected chi connectivity index (χ1v) is 13.4. The van der Waals surface area contributed by atoms with E-state index in [-0.39, 0.29) is 11.3 Å². The molecule has 1 unspecified atom stereocenters. The molecule has 0 saturated carbocycles. The van der Waals surface area contributed by atoms with Crippen molar-refractivity contribution in [3.05, 3.63) is 64.3 Å². The number of aromatic hydroxyl groups is 1. The van der Waals surface area contributed by atoms with E-state index in [2.05, 4.69) is 4.74 Å². The van der Waals surface area contributed by atoms with Gasteiger partial charge in [-0.25, -0.2) is 14.4 Å². The molecule has 2 aromatic rings. The van der Waals surface area contributed by atoms with Gasteiger partial charge in [-0.05, 0) is 70.3 Å². The molecule has 206 valence electrons. The third kappa shape index (κ3) is 7.44. The summed E-state index contributed by atoms with van der Waals surface area (Å²) in [5.41, 5.74) is -2.50. The number of non-ortho nitro benzene ring substituents is 1. The van der Waals surface area contributed by atoms with Crippen molar-refractivity contribution in [2.75, 3.05) is 13.2 Å². The van der Waals surface area contributed by atoms with Gasteiger partial charge < -0.3 is 19.3 Å². The van der Waals surface area contributed by atoms with Gasteiger partial charge in [0.25, 0.3) is 5.69 Å². The Labute approximate surface area is 239 Å². The summed E-state index contributed by atoms with van der Waals surface area (Å²) in [5, 5.41) is 16.1. The fourth-order valence-electron chi connectivity index (χ4n) is 2.64. The van der Waals surface area contributed by atoms with Crippen molar-refractivity contribution in [3.63, 3.8) is 0 Å². The van der Waals surface area contributed by atoms with Gasteiger partial charge in [-0.1, -0.05) is 0 Å². The molecule has 0 bridgehead atoms. The van der Waals surface area contributed by atoms with Crippen molar-refractivity contribution in [2.45, 2.75) is 18.3 Å². The summed E-state index contributed by atoms with van der Waals surface area (Å²) in [4.78, 5) is 47.2. The highest BCUT2D eigenvalue weighted by atomic mass is 127. The second-order valence-corrected chi connectivity index (χ2v) is 11.0. The highest BCUT2D eigenvalue weighted by molar-refractivity contribution is 14.1. The van der Waals surface area contributed by atoms with Crippen molar-refractivity contribution in [2.24, 2.45) is 0 Å². The largest absolute Gasteiger partial charge is 0.506 e. The van der Waals surface area contributed by atoms with Crippen molar-refractivity contribution in [1.82, 2.24) is 0 Å². The SMILES string of the molecule is CC(OC(=O)c1cc([N+](=O)[O-])ccc1C(=O)OCCOC(=O)c1cc(I)cc(I)c1O)C(F)(F)S(=O)(=O)O. The molecule has 2 rings (SSSR count). The summed E-state index contributed by atoms with van der Waals surface area (Å²) in [7, 11) is -6.00. The zero-order valence-electron chi connectivity index (χ0n) is 18.7. The predicted octanol–water partition coefficient (Wildman–Crippen LogP) is 3.55. The van der Waals surface area contributed by atoms with E-state index in [1.54, 1.807) is 28.7 Å². The quantitative estimate of drug-likeness (QED) is 0.0678. The number of phenolic OH excluding ortho intramolecular Hbond substituents is 1. The van der Waals surface area contributed by atoms with Crippen LogP contribution < -0.4 is 0 Å². The van der Waals surface area contributed by atoms with E-state index in [0.29, 0.717) is 20.1 Å². The van der Waals surface area contributed by atoms with E-state index in [1.807, 2.05) is 22.6 Å². The molecule has 0 aromatic heterocycles. The third-order valence-electron chi connectivity index (χ3n) is 4.55. The number of alkyl halides is 2. The molecule has 0 aliphatic heterocycles. The molecule has 0 fully saturated rings. The first kappa shape index (κ1) is 31.5. The highest BCUT2D eigenvalue weighted by Gasteiger charge is 2.52. The Morgan fingerprint density at radius 3 is 2.11 bits per heavy atom. The van der Waals surface area contributed by atoms with Crippen LogP contribution in [0.1, 0.15) is 38.0 Å². The molecular formula is C20H15F2I2NO12S. The van der Waals surface area contributed by atoms with Crippen molar-refractivity contribution in [3.8, 4) is 5.75 Å². The molecule has 0 amide bonds. The van der Waals surface area contributed by atoms with Gasteiger partial charge in [0.05, 0.1) is 19.6 Å². The summed E-state index contributed by atoms with van der Waals surface area (Å²) in [6.45, 7) is -0.673. The fourth-order valence-corrected chi connectivity index (χ4v) is 4.95. The Morgan fingerprint density at radius 2 is 1.58 bits per heavy atom. The maximum absolute atomic E-state index is 13.8. The number of hydrogen-bond donors (Lipinski definition) is 2. The van der Waals surface area contributed by atoms with E-state index in [9.17, 15) is 46.8 Å². The van der Waals surface area contributed by atoms with E-state index in [1.165, 1.54) is 6.07 Å². The van der Waals surface area contributed by atoms with E-state index in [4.69, 9.17) is 14.0 Å². The minimum atomic E-state index is -6.00. The van der Waals surface area contributed by atoms with Crippen molar-refractivity contribution in [1.29, 1.82) is 0 Å². The van der Waals surface area contributed by atoms with Crippen LogP contribution >= 0.6 is 45.2 Å². The summed E-state index contributed by atoms with van der Waals surface area (Å²) in [6.07, 6.45) is -2.76. The van der Waals surface area contributed by atoms with Crippen LogP contribution in [0.4, 0.5) is 14.5 Å². The molecule has 1 atom stereocenters. The lowest BCUT2D eigenvalue weighted by Gasteiger charge is -2.21. The Balaban J connectivity index is 2.16. The van der Waals surface area contributed by atoms with Gasteiger partial charge in [-0.15, -0.1) is 0 Å². The molecule has 0 radical (unpaired) electrons. The average molecular weight is 785 g/mol. The number of esters is 3. The summed E-state index contributed by atoms with van der Waals surface area (Å²) >= 11 is 3.72. The zero-order chi connectivity index (χ0) is 29.0. The molecule has 13 nitrogen and oxygen atoms in total. The molecule has 2 N–H and O–H groups in total. The number of hydrogen-bond acceptors (Lipinski definition) is 11. The number of carbonyl (C=O) groups excluding carboxylic acids is 3.